The molecule has 33 heavy (non-hydrogen) atoms. The highest BCUT2D eigenvalue weighted by atomic mass is 16.7. The second-order valence-electron chi connectivity index (χ2n) is 7.41. The van der Waals surface area contributed by atoms with E-state index >= 15 is 0 Å². The first-order valence-electron chi connectivity index (χ1n) is 10.2. The van der Waals surface area contributed by atoms with Crippen molar-refractivity contribution in [3.63, 3.8) is 0 Å². The maximum Gasteiger partial charge on any atom is 0.282 e. The number of fused-ring (bicyclic) bond motifs is 3. The van der Waals surface area contributed by atoms with Gasteiger partial charge in [-0.25, -0.2) is 4.98 Å². The summed E-state index contributed by atoms with van der Waals surface area (Å²) in [5.41, 5.74) is 1.62. The number of hydrogen-bond acceptors (Lipinski definition) is 7. The number of furan rings is 1. The third-order valence-electron chi connectivity index (χ3n) is 5.43. The molecule has 0 unspecified atom stereocenters. The molecule has 0 saturated heterocycles. The molecular formula is C25H17N3O5. The van der Waals surface area contributed by atoms with Crippen LogP contribution in [-0.4, -0.2) is 29.8 Å². The highest BCUT2D eigenvalue weighted by Crippen LogP contribution is 2.33. The first-order valence-corrected chi connectivity index (χ1v) is 10.2. The lowest BCUT2D eigenvalue weighted by atomic mass is 10.2. The third kappa shape index (κ3) is 3.20. The number of aromatic nitrogens is 2. The molecule has 162 valence electrons. The predicted molar refractivity (Wildman–Crippen MR) is 123 cm³/mol. The van der Waals surface area contributed by atoms with Crippen molar-refractivity contribution < 1.29 is 18.6 Å². The van der Waals surface area contributed by atoms with E-state index in [9.17, 15) is 4.79 Å². The van der Waals surface area contributed by atoms with Gasteiger partial charge < -0.3 is 18.6 Å². The van der Waals surface area contributed by atoms with Gasteiger partial charge in [-0.05, 0) is 54.1 Å². The first kappa shape index (κ1) is 19.1. The second-order valence-corrected chi connectivity index (χ2v) is 7.41. The van der Waals surface area contributed by atoms with Crippen LogP contribution in [0.4, 0.5) is 0 Å². The molecule has 6 rings (SSSR count). The summed E-state index contributed by atoms with van der Waals surface area (Å²) >= 11 is 0. The maximum absolute atomic E-state index is 13.4. The maximum atomic E-state index is 13.4. The lowest BCUT2D eigenvalue weighted by molar-refractivity contribution is 0.174. The number of methoxy groups -OCH3 is 1. The predicted octanol–water partition coefficient (Wildman–Crippen LogP) is 4.43. The summed E-state index contributed by atoms with van der Waals surface area (Å²) < 4.78 is 23.5. The molecule has 3 heterocycles. The van der Waals surface area contributed by atoms with Crippen LogP contribution in [0.5, 0.6) is 17.2 Å². The van der Waals surface area contributed by atoms with Gasteiger partial charge in [0.25, 0.3) is 5.56 Å². The molecule has 0 spiro atoms. The van der Waals surface area contributed by atoms with Crippen LogP contribution in [0.2, 0.25) is 0 Å². The number of hydrogen-bond donors (Lipinski definition) is 0. The standard InChI is InChI=1S/C25H17N3O5/c1-30-19-7-4-8-20-17(19)12-23(33-20)24-27-18-6-3-2-5-16(18)25(29)28(24)26-13-15-9-10-21-22(11-15)32-14-31-21/h2-13H,14H2,1H3. The average molecular weight is 439 g/mol. The van der Waals surface area contributed by atoms with Gasteiger partial charge in [0.1, 0.15) is 11.3 Å². The van der Waals surface area contributed by atoms with Gasteiger partial charge in [0.2, 0.25) is 12.6 Å². The van der Waals surface area contributed by atoms with Crippen molar-refractivity contribution in [2.24, 2.45) is 5.10 Å². The Kier molecular flexibility index (Phi) is 4.36. The smallest absolute Gasteiger partial charge is 0.282 e. The second kappa shape index (κ2) is 7.52. The Balaban J connectivity index is 1.54. The van der Waals surface area contributed by atoms with Crippen LogP contribution in [0, 0.1) is 0 Å². The highest BCUT2D eigenvalue weighted by molar-refractivity contribution is 5.88. The fourth-order valence-corrected chi connectivity index (χ4v) is 3.83. The van der Waals surface area contributed by atoms with Gasteiger partial charge in [0.15, 0.2) is 17.3 Å². The van der Waals surface area contributed by atoms with Gasteiger partial charge in [-0.2, -0.15) is 9.78 Å². The minimum absolute atomic E-state index is 0.184. The number of para-hydroxylation sites is 1. The van der Waals surface area contributed by atoms with Crippen LogP contribution in [-0.2, 0) is 0 Å². The van der Waals surface area contributed by atoms with Crippen molar-refractivity contribution in [1.29, 1.82) is 0 Å². The van der Waals surface area contributed by atoms with E-state index in [1.165, 1.54) is 4.68 Å². The molecule has 1 aliphatic rings. The van der Waals surface area contributed by atoms with Crippen LogP contribution < -0.4 is 19.8 Å². The molecule has 5 aromatic rings. The molecule has 0 N–H and O–H groups in total. The van der Waals surface area contributed by atoms with Gasteiger partial charge >= 0.3 is 0 Å². The summed E-state index contributed by atoms with van der Waals surface area (Å²) in [6.45, 7) is 0.184. The van der Waals surface area contributed by atoms with Crippen molar-refractivity contribution in [3.05, 3.63) is 82.6 Å². The van der Waals surface area contributed by atoms with Gasteiger partial charge in [-0.15, -0.1) is 0 Å². The molecule has 0 saturated carbocycles. The highest BCUT2D eigenvalue weighted by Gasteiger charge is 2.18. The number of ether oxygens (including phenoxy) is 3. The Morgan fingerprint density at radius 2 is 1.88 bits per heavy atom. The van der Waals surface area contributed by atoms with Crippen molar-refractivity contribution in [1.82, 2.24) is 9.66 Å². The Hall–Kier alpha value is -4.59. The van der Waals surface area contributed by atoms with E-state index in [4.69, 9.17) is 23.6 Å². The monoisotopic (exact) mass is 439 g/mol. The zero-order valence-corrected chi connectivity index (χ0v) is 17.5. The van der Waals surface area contributed by atoms with Crippen LogP contribution in [0.25, 0.3) is 33.5 Å². The van der Waals surface area contributed by atoms with Crippen LogP contribution in [0.15, 0.2) is 81.0 Å². The zero-order chi connectivity index (χ0) is 22.4. The molecule has 0 atom stereocenters. The molecule has 1 aliphatic heterocycles. The molecule has 0 amide bonds. The van der Waals surface area contributed by atoms with Crippen LogP contribution >= 0.6 is 0 Å². The van der Waals surface area contributed by atoms with Gasteiger partial charge in [0.05, 0.1) is 29.6 Å². The molecular weight excluding hydrogens is 422 g/mol. The van der Waals surface area contributed by atoms with E-state index in [2.05, 4.69) is 5.10 Å². The molecule has 8 heteroatoms. The van der Waals surface area contributed by atoms with Gasteiger partial charge in [-0.3, -0.25) is 4.79 Å². The SMILES string of the molecule is COc1cccc2oc(-c3nc4ccccc4c(=O)n3N=Cc3ccc4c(c3)OCO4)cc12. The van der Waals surface area contributed by atoms with E-state index in [1.54, 1.807) is 49.7 Å². The minimum atomic E-state index is -0.306. The van der Waals surface area contributed by atoms with Crippen LogP contribution in [0.1, 0.15) is 5.56 Å². The van der Waals surface area contributed by atoms with Crippen molar-refractivity contribution in [3.8, 4) is 28.8 Å². The zero-order valence-electron chi connectivity index (χ0n) is 17.5. The Bertz CT molecular complexity index is 1620. The molecule has 0 fully saturated rings. The summed E-state index contributed by atoms with van der Waals surface area (Å²) in [6.07, 6.45) is 1.58. The summed E-state index contributed by atoms with van der Waals surface area (Å²) in [5, 5.41) is 5.71. The van der Waals surface area contributed by atoms with Crippen molar-refractivity contribution in [2.75, 3.05) is 13.9 Å². The van der Waals surface area contributed by atoms with Crippen molar-refractivity contribution in [2.45, 2.75) is 0 Å². The fourth-order valence-electron chi connectivity index (χ4n) is 3.83. The molecule has 3 aromatic carbocycles. The molecule has 8 nitrogen and oxygen atoms in total. The topological polar surface area (TPSA) is 88.1 Å². The number of benzene rings is 3. The third-order valence-corrected chi connectivity index (χ3v) is 5.43. The summed E-state index contributed by atoms with van der Waals surface area (Å²) in [7, 11) is 1.60. The van der Waals surface area contributed by atoms with E-state index < -0.39 is 0 Å². The lowest BCUT2D eigenvalue weighted by Crippen LogP contribution is -2.20. The van der Waals surface area contributed by atoms with E-state index in [0.717, 1.165) is 10.9 Å². The molecule has 0 bridgehead atoms. The molecule has 2 aromatic heterocycles. The summed E-state index contributed by atoms with van der Waals surface area (Å²) in [6, 6.07) is 19.9. The van der Waals surface area contributed by atoms with E-state index in [-0.39, 0.29) is 18.2 Å². The summed E-state index contributed by atoms with van der Waals surface area (Å²) in [4.78, 5) is 18.1. The Morgan fingerprint density at radius 3 is 2.79 bits per heavy atom. The molecule has 0 aliphatic carbocycles. The largest absolute Gasteiger partial charge is 0.496 e. The number of nitrogens with zero attached hydrogens (tertiary/aromatic N) is 3. The fraction of sp³-hybridized carbons (Fsp3) is 0.0800. The van der Waals surface area contributed by atoms with Crippen LogP contribution in [0.3, 0.4) is 0 Å². The summed E-state index contributed by atoms with van der Waals surface area (Å²) in [5.74, 6) is 2.66. The average Bonchev–Trinajstić information content (AvgIpc) is 3.49. The molecule has 0 radical (unpaired) electrons. The quantitative estimate of drug-likeness (QED) is 0.385. The number of rotatable bonds is 4. The Morgan fingerprint density at radius 1 is 1.00 bits per heavy atom. The Labute approximate surface area is 187 Å². The van der Waals surface area contributed by atoms with Crippen molar-refractivity contribution >= 4 is 28.1 Å². The first-order chi connectivity index (χ1) is 16.2. The lowest BCUT2D eigenvalue weighted by Gasteiger charge is -2.07. The van der Waals surface area contributed by atoms with E-state index in [0.29, 0.717) is 39.5 Å². The van der Waals surface area contributed by atoms with Gasteiger partial charge in [0, 0.05) is 0 Å². The van der Waals surface area contributed by atoms with E-state index in [1.807, 2.05) is 30.3 Å². The normalized spacial score (nSPS) is 12.8. The van der Waals surface area contributed by atoms with Gasteiger partial charge in [-0.1, -0.05) is 18.2 Å². The minimum Gasteiger partial charge on any atom is -0.496 e.